The van der Waals surface area contributed by atoms with Gasteiger partial charge in [0.15, 0.2) is 0 Å². The first-order chi connectivity index (χ1) is 8.49. The number of benzene rings is 1. The van der Waals surface area contributed by atoms with E-state index in [0.29, 0.717) is 12.1 Å². The maximum atomic E-state index is 12.0. The van der Waals surface area contributed by atoms with Gasteiger partial charge in [0.05, 0.1) is 0 Å². The average Bonchev–Trinajstić information content (AvgIpc) is 2.33. The molecule has 1 aromatic carbocycles. The van der Waals surface area contributed by atoms with Gasteiger partial charge in [0.2, 0.25) is 5.91 Å². The number of halogens is 2. The Balaban J connectivity index is 2.29. The lowest BCUT2D eigenvalue weighted by molar-refractivity contribution is -0.122. The van der Waals surface area contributed by atoms with Gasteiger partial charge in [-0.3, -0.25) is 4.79 Å². The predicted molar refractivity (Wildman–Crippen MR) is 64.2 cm³/mol. The molecule has 0 aromatic heterocycles. The van der Waals surface area contributed by atoms with Gasteiger partial charge in [-0.15, -0.1) is 0 Å². The quantitative estimate of drug-likeness (QED) is 0.665. The summed E-state index contributed by atoms with van der Waals surface area (Å²) in [5.41, 5.74) is 7.09. The molecule has 0 aliphatic carbocycles. The Labute approximate surface area is 104 Å². The summed E-state index contributed by atoms with van der Waals surface area (Å²) in [5, 5.41) is 11.1. The molecule has 0 aliphatic rings. The summed E-state index contributed by atoms with van der Waals surface area (Å²) >= 11 is 0. The molecule has 1 amide bonds. The zero-order valence-corrected chi connectivity index (χ0v) is 9.77. The highest BCUT2D eigenvalue weighted by atomic mass is 19.3. The molecule has 100 valence electrons. The number of rotatable bonds is 6. The van der Waals surface area contributed by atoms with Crippen molar-refractivity contribution in [2.45, 2.75) is 25.4 Å². The van der Waals surface area contributed by atoms with Gasteiger partial charge in [-0.05, 0) is 24.1 Å². The van der Waals surface area contributed by atoms with Crippen LogP contribution in [0.3, 0.4) is 0 Å². The highest BCUT2D eigenvalue weighted by Gasteiger charge is 2.17. The van der Waals surface area contributed by atoms with Crippen LogP contribution < -0.4 is 11.1 Å². The maximum Gasteiger partial charge on any atom is 0.265 e. The van der Waals surface area contributed by atoms with E-state index in [1.165, 1.54) is 0 Å². The first-order valence-corrected chi connectivity index (χ1v) is 5.56. The van der Waals surface area contributed by atoms with E-state index < -0.39 is 19.1 Å². The number of alkyl halides is 2. The van der Waals surface area contributed by atoms with E-state index >= 15 is 0 Å². The normalized spacial score (nSPS) is 12.4. The fourth-order valence-corrected chi connectivity index (χ4v) is 1.40. The molecule has 4 nitrogen and oxygen atoms in total. The highest BCUT2D eigenvalue weighted by molar-refractivity contribution is 5.76. The molecule has 1 rings (SSSR count). The third-order valence-electron chi connectivity index (χ3n) is 2.39. The van der Waals surface area contributed by atoms with Crippen LogP contribution in [0, 0.1) is 0 Å². The summed E-state index contributed by atoms with van der Waals surface area (Å²) in [4.78, 5) is 11.3. The third kappa shape index (κ3) is 5.09. The summed E-state index contributed by atoms with van der Waals surface area (Å²) in [6.07, 6.45) is -4.03. The number of anilines is 1. The molecule has 1 atom stereocenters. The van der Waals surface area contributed by atoms with E-state index in [1.807, 2.05) is 6.07 Å². The van der Waals surface area contributed by atoms with Crippen LogP contribution in [0.5, 0.6) is 0 Å². The molecule has 0 spiro atoms. The van der Waals surface area contributed by atoms with Crippen LogP contribution in [0.15, 0.2) is 24.3 Å². The summed E-state index contributed by atoms with van der Waals surface area (Å²) in [5.74, 6) is -0.378. The SMILES string of the molecule is Nc1cccc(CCC(=O)NCC(O)C(F)F)c1. The topological polar surface area (TPSA) is 75.4 Å². The number of nitrogens with one attached hydrogen (secondary N) is 1. The minimum absolute atomic E-state index is 0.166. The largest absolute Gasteiger partial charge is 0.399 e. The fourth-order valence-electron chi connectivity index (χ4n) is 1.40. The number of carbonyl (C=O) groups excluding carboxylic acids is 1. The molecule has 4 N–H and O–H groups in total. The number of nitrogen functional groups attached to an aromatic ring is 1. The lowest BCUT2D eigenvalue weighted by Crippen LogP contribution is -2.35. The van der Waals surface area contributed by atoms with E-state index in [9.17, 15) is 13.6 Å². The lowest BCUT2D eigenvalue weighted by atomic mass is 10.1. The predicted octanol–water partition coefficient (Wildman–Crippen LogP) is 0.944. The average molecular weight is 258 g/mol. The van der Waals surface area contributed by atoms with Crippen molar-refractivity contribution in [2.75, 3.05) is 12.3 Å². The van der Waals surface area contributed by atoms with Gasteiger partial charge in [0, 0.05) is 18.7 Å². The van der Waals surface area contributed by atoms with E-state index in [1.54, 1.807) is 18.2 Å². The summed E-state index contributed by atoms with van der Waals surface area (Å²) in [6, 6.07) is 7.10. The molecule has 0 saturated carbocycles. The Morgan fingerprint density at radius 2 is 2.17 bits per heavy atom. The fraction of sp³-hybridized carbons (Fsp3) is 0.417. The van der Waals surface area contributed by atoms with Crippen molar-refractivity contribution in [3.05, 3.63) is 29.8 Å². The molecule has 18 heavy (non-hydrogen) atoms. The smallest absolute Gasteiger partial charge is 0.265 e. The first kappa shape index (κ1) is 14.4. The Morgan fingerprint density at radius 1 is 1.44 bits per heavy atom. The number of aryl methyl sites for hydroxylation is 1. The van der Waals surface area contributed by atoms with Crippen LogP contribution >= 0.6 is 0 Å². The van der Waals surface area contributed by atoms with Gasteiger partial charge < -0.3 is 16.2 Å². The molecule has 0 aliphatic heterocycles. The monoisotopic (exact) mass is 258 g/mol. The molecule has 0 bridgehead atoms. The summed E-state index contributed by atoms with van der Waals surface area (Å²) in [7, 11) is 0. The molecule has 0 fully saturated rings. The van der Waals surface area contributed by atoms with E-state index in [4.69, 9.17) is 10.8 Å². The zero-order valence-electron chi connectivity index (χ0n) is 9.77. The van der Waals surface area contributed by atoms with Crippen molar-refractivity contribution in [1.82, 2.24) is 5.32 Å². The van der Waals surface area contributed by atoms with Gasteiger partial charge in [0.25, 0.3) is 6.43 Å². The van der Waals surface area contributed by atoms with Gasteiger partial charge in [-0.25, -0.2) is 8.78 Å². The van der Waals surface area contributed by atoms with Gasteiger partial charge in [0.1, 0.15) is 6.10 Å². The van der Waals surface area contributed by atoms with Crippen LogP contribution in [0.4, 0.5) is 14.5 Å². The second kappa shape index (κ2) is 6.90. The van der Waals surface area contributed by atoms with Crippen LogP contribution in [-0.2, 0) is 11.2 Å². The van der Waals surface area contributed by atoms with Crippen molar-refractivity contribution in [1.29, 1.82) is 0 Å². The second-order valence-corrected chi connectivity index (χ2v) is 3.95. The Morgan fingerprint density at radius 3 is 2.78 bits per heavy atom. The van der Waals surface area contributed by atoms with Crippen molar-refractivity contribution in [3.63, 3.8) is 0 Å². The van der Waals surface area contributed by atoms with Crippen LogP contribution in [-0.4, -0.2) is 30.1 Å². The first-order valence-electron chi connectivity index (χ1n) is 5.56. The number of nitrogens with two attached hydrogens (primary N) is 1. The molecular weight excluding hydrogens is 242 g/mol. The van der Waals surface area contributed by atoms with Gasteiger partial charge >= 0.3 is 0 Å². The number of aliphatic hydroxyl groups is 1. The maximum absolute atomic E-state index is 12.0. The molecular formula is C12H16F2N2O2. The van der Waals surface area contributed by atoms with E-state index in [0.717, 1.165) is 5.56 Å². The Kier molecular flexibility index (Phi) is 5.51. The molecule has 0 radical (unpaired) electrons. The summed E-state index contributed by atoms with van der Waals surface area (Å²) < 4.78 is 23.9. The van der Waals surface area contributed by atoms with Crippen molar-refractivity contribution >= 4 is 11.6 Å². The van der Waals surface area contributed by atoms with E-state index in [-0.39, 0.29) is 12.3 Å². The molecule has 1 unspecified atom stereocenters. The Hall–Kier alpha value is -1.69. The number of carbonyl (C=O) groups is 1. The van der Waals surface area contributed by atoms with Crippen LogP contribution in [0.25, 0.3) is 0 Å². The minimum atomic E-state index is -2.85. The number of amides is 1. The van der Waals surface area contributed by atoms with Gasteiger partial charge in [-0.2, -0.15) is 0 Å². The van der Waals surface area contributed by atoms with Crippen LogP contribution in [0.1, 0.15) is 12.0 Å². The Bertz CT molecular complexity index is 399. The van der Waals surface area contributed by atoms with E-state index in [2.05, 4.69) is 5.32 Å². The molecule has 0 heterocycles. The van der Waals surface area contributed by atoms with Crippen molar-refractivity contribution in [3.8, 4) is 0 Å². The number of hydrogen-bond acceptors (Lipinski definition) is 3. The molecule has 0 saturated heterocycles. The number of aliphatic hydroxyl groups excluding tert-OH is 1. The summed E-state index contributed by atoms with van der Waals surface area (Å²) in [6.45, 7) is -0.437. The standard InChI is InChI=1S/C12H16F2N2O2/c13-12(14)10(17)7-16-11(18)5-4-8-2-1-3-9(15)6-8/h1-3,6,10,12,17H,4-5,7,15H2,(H,16,18). The molecule has 6 heteroatoms. The van der Waals surface area contributed by atoms with Crippen molar-refractivity contribution < 1.29 is 18.7 Å². The minimum Gasteiger partial charge on any atom is -0.399 e. The van der Waals surface area contributed by atoms with Crippen molar-refractivity contribution in [2.24, 2.45) is 0 Å². The third-order valence-corrected chi connectivity index (χ3v) is 2.39. The molecule has 1 aromatic rings. The van der Waals surface area contributed by atoms with Crippen LogP contribution in [0.2, 0.25) is 0 Å². The number of hydrogen-bond donors (Lipinski definition) is 3. The highest BCUT2D eigenvalue weighted by Crippen LogP contribution is 2.08. The van der Waals surface area contributed by atoms with Gasteiger partial charge in [-0.1, -0.05) is 12.1 Å². The second-order valence-electron chi connectivity index (χ2n) is 3.95. The lowest BCUT2D eigenvalue weighted by Gasteiger charge is -2.10. The zero-order chi connectivity index (χ0) is 13.5.